The molecule has 120 valence electrons. The number of aromatic nitrogens is 1. The van der Waals surface area contributed by atoms with E-state index in [0.29, 0.717) is 13.1 Å². The first-order valence-corrected chi connectivity index (χ1v) is 8.07. The summed E-state index contributed by atoms with van der Waals surface area (Å²) in [5.41, 5.74) is 0.264. The van der Waals surface area contributed by atoms with Crippen LogP contribution in [-0.2, 0) is 0 Å². The van der Waals surface area contributed by atoms with Crippen LogP contribution in [0.3, 0.4) is 0 Å². The number of rotatable bonds is 1. The van der Waals surface area contributed by atoms with Gasteiger partial charge >= 0.3 is 0 Å². The smallest absolute Gasteiger partial charge is 0.256 e. The van der Waals surface area contributed by atoms with Crippen LogP contribution in [0.1, 0.15) is 36.0 Å². The van der Waals surface area contributed by atoms with Crippen molar-refractivity contribution in [3.05, 3.63) is 42.0 Å². The molecular weight excluding hydrogens is 295 g/mol. The number of carbonyl (C=O) groups is 1. The van der Waals surface area contributed by atoms with Crippen molar-refractivity contribution in [3.63, 3.8) is 0 Å². The van der Waals surface area contributed by atoms with E-state index in [-0.39, 0.29) is 23.0 Å². The van der Waals surface area contributed by atoms with E-state index in [9.17, 15) is 14.3 Å². The molecule has 2 fully saturated rings. The predicted molar refractivity (Wildman–Crippen MR) is 84.5 cm³/mol. The predicted octanol–water partition coefficient (Wildman–Crippen LogP) is 2.75. The summed E-state index contributed by atoms with van der Waals surface area (Å²) in [7, 11) is 0. The van der Waals surface area contributed by atoms with Gasteiger partial charge in [-0.1, -0.05) is 0 Å². The van der Waals surface area contributed by atoms with Crippen molar-refractivity contribution in [2.45, 2.75) is 31.8 Å². The van der Waals surface area contributed by atoms with Crippen LogP contribution in [0.25, 0.3) is 10.8 Å². The molecule has 1 saturated carbocycles. The molecule has 23 heavy (non-hydrogen) atoms. The number of pyridine rings is 1. The Kier molecular flexibility index (Phi) is 3.34. The second-order valence-corrected chi connectivity index (χ2v) is 6.95. The fraction of sp³-hybridized carbons (Fsp3) is 0.444. The Labute approximate surface area is 133 Å². The van der Waals surface area contributed by atoms with E-state index < -0.39 is 5.82 Å². The summed E-state index contributed by atoms with van der Waals surface area (Å²) in [5, 5.41) is 11.1. The summed E-state index contributed by atoms with van der Waals surface area (Å²) < 4.78 is 14.3. The number of benzene rings is 1. The van der Waals surface area contributed by atoms with Crippen LogP contribution < -0.4 is 0 Å². The third kappa shape index (κ3) is 2.49. The zero-order chi connectivity index (χ0) is 16.0. The highest BCUT2D eigenvalue weighted by Gasteiger charge is 2.47. The maximum absolute atomic E-state index is 14.3. The van der Waals surface area contributed by atoms with Gasteiger partial charge in [-0.3, -0.25) is 9.78 Å². The fourth-order valence-electron chi connectivity index (χ4n) is 3.88. The number of likely N-dealkylation sites (tertiary alicyclic amines) is 1. The van der Waals surface area contributed by atoms with Crippen molar-refractivity contribution < 1.29 is 14.3 Å². The Morgan fingerprint density at radius 2 is 2.00 bits per heavy atom. The lowest BCUT2D eigenvalue weighted by atomic mass is 9.68. The number of aliphatic hydroxyl groups excluding tert-OH is 1. The number of carbonyl (C=O) groups excluding carboxylic acids is 1. The van der Waals surface area contributed by atoms with Crippen LogP contribution in [0.4, 0.5) is 4.39 Å². The van der Waals surface area contributed by atoms with Crippen LogP contribution in [0.15, 0.2) is 30.6 Å². The van der Waals surface area contributed by atoms with Gasteiger partial charge in [-0.15, -0.1) is 0 Å². The number of aliphatic hydroxyl groups is 1. The van der Waals surface area contributed by atoms with Crippen LogP contribution in [-0.4, -0.2) is 40.1 Å². The minimum absolute atomic E-state index is 0.121. The van der Waals surface area contributed by atoms with Gasteiger partial charge in [0.15, 0.2) is 0 Å². The molecule has 1 amide bonds. The third-order valence-corrected chi connectivity index (χ3v) is 5.31. The lowest BCUT2D eigenvalue weighted by Crippen LogP contribution is -2.59. The van der Waals surface area contributed by atoms with Crippen molar-refractivity contribution in [1.82, 2.24) is 9.88 Å². The number of hydrogen-bond acceptors (Lipinski definition) is 3. The van der Waals surface area contributed by atoms with E-state index in [0.717, 1.165) is 36.5 Å². The summed E-state index contributed by atoms with van der Waals surface area (Å²) in [5.74, 6) is -0.723. The quantitative estimate of drug-likeness (QED) is 0.880. The van der Waals surface area contributed by atoms with Gasteiger partial charge in [0, 0.05) is 36.3 Å². The molecule has 1 aliphatic carbocycles. The van der Waals surface area contributed by atoms with Crippen molar-refractivity contribution in [2.24, 2.45) is 5.41 Å². The molecule has 0 radical (unpaired) electrons. The lowest BCUT2D eigenvalue weighted by Gasteiger charge is -2.53. The Balaban J connectivity index is 1.53. The van der Waals surface area contributed by atoms with Gasteiger partial charge in [0.1, 0.15) is 5.82 Å². The molecule has 1 N–H and O–H groups in total. The summed E-state index contributed by atoms with van der Waals surface area (Å²) in [6, 6.07) is 4.73. The molecule has 2 aromatic rings. The number of nitrogens with zero attached hydrogens (tertiary/aromatic N) is 2. The summed E-state index contributed by atoms with van der Waals surface area (Å²) in [6.45, 7) is 1.34. The minimum Gasteiger partial charge on any atom is -0.393 e. The van der Waals surface area contributed by atoms with E-state index in [2.05, 4.69) is 4.98 Å². The molecule has 0 unspecified atom stereocenters. The Bertz CT molecular complexity index is 761. The summed E-state index contributed by atoms with van der Waals surface area (Å²) in [4.78, 5) is 18.3. The van der Waals surface area contributed by atoms with Gasteiger partial charge in [-0.25, -0.2) is 4.39 Å². The topological polar surface area (TPSA) is 53.4 Å². The van der Waals surface area contributed by atoms with Crippen molar-refractivity contribution >= 4 is 16.7 Å². The molecule has 1 aromatic carbocycles. The highest BCUT2D eigenvalue weighted by molar-refractivity contribution is 5.99. The molecule has 0 atom stereocenters. The maximum Gasteiger partial charge on any atom is 0.256 e. The SMILES string of the molecule is O=C(c1cc2cnccc2cc1F)N1CC2(CCC(O)CC2)C1. The lowest BCUT2D eigenvalue weighted by molar-refractivity contribution is -0.0397. The standard InChI is InChI=1S/C18H19FN2O2/c19-16-8-12-3-6-20-9-13(12)7-15(16)17(23)21-10-18(11-21)4-1-14(22)2-5-18/h3,6-9,14,22H,1-2,4-5,10-11H2. The van der Waals surface area contributed by atoms with Gasteiger partial charge in [0.05, 0.1) is 11.7 Å². The van der Waals surface area contributed by atoms with Gasteiger partial charge in [-0.05, 0) is 49.3 Å². The van der Waals surface area contributed by atoms with Gasteiger partial charge in [0.25, 0.3) is 5.91 Å². The summed E-state index contributed by atoms with van der Waals surface area (Å²) in [6.07, 6.45) is 6.56. The van der Waals surface area contributed by atoms with Crippen LogP contribution in [0.2, 0.25) is 0 Å². The molecule has 1 aromatic heterocycles. The highest BCUT2D eigenvalue weighted by atomic mass is 19.1. The van der Waals surface area contributed by atoms with Crippen molar-refractivity contribution in [1.29, 1.82) is 0 Å². The average molecular weight is 314 g/mol. The molecular formula is C18H19FN2O2. The fourth-order valence-corrected chi connectivity index (χ4v) is 3.88. The molecule has 1 aliphatic heterocycles. The Morgan fingerprint density at radius 3 is 2.74 bits per heavy atom. The van der Waals surface area contributed by atoms with Crippen LogP contribution >= 0.6 is 0 Å². The average Bonchev–Trinajstić information content (AvgIpc) is 2.52. The van der Waals surface area contributed by atoms with Crippen LogP contribution in [0, 0.1) is 11.2 Å². The highest BCUT2D eigenvalue weighted by Crippen LogP contribution is 2.44. The second kappa shape index (κ2) is 5.27. The van der Waals surface area contributed by atoms with E-state index in [1.165, 1.54) is 6.07 Å². The molecule has 2 heterocycles. The van der Waals surface area contributed by atoms with Gasteiger partial charge in [0.2, 0.25) is 0 Å². The second-order valence-electron chi connectivity index (χ2n) is 6.95. The zero-order valence-corrected chi connectivity index (χ0v) is 12.8. The van der Waals surface area contributed by atoms with Gasteiger partial charge in [-0.2, -0.15) is 0 Å². The third-order valence-electron chi connectivity index (χ3n) is 5.31. The molecule has 4 nitrogen and oxygen atoms in total. The Morgan fingerprint density at radius 1 is 1.26 bits per heavy atom. The first-order chi connectivity index (χ1) is 11.1. The summed E-state index contributed by atoms with van der Waals surface area (Å²) >= 11 is 0. The minimum atomic E-state index is -0.478. The molecule has 0 bridgehead atoms. The molecule has 1 spiro atoms. The normalized spacial score (nSPS) is 20.7. The maximum atomic E-state index is 14.3. The van der Waals surface area contributed by atoms with Gasteiger partial charge < -0.3 is 10.0 Å². The number of amides is 1. The number of halogens is 1. The zero-order valence-electron chi connectivity index (χ0n) is 12.8. The van der Waals surface area contributed by atoms with E-state index in [1.54, 1.807) is 29.4 Å². The van der Waals surface area contributed by atoms with E-state index in [4.69, 9.17) is 0 Å². The first-order valence-electron chi connectivity index (χ1n) is 8.07. The number of hydrogen-bond donors (Lipinski definition) is 1. The molecule has 4 rings (SSSR count). The largest absolute Gasteiger partial charge is 0.393 e. The van der Waals surface area contributed by atoms with E-state index in [1.807, 2.05) is 0 Å². The molecule has 1 saturated heterocycles. The molecule has 5 heteroatoms. The van der Waals surface area contributed by atoms with Crippen LogP contribution in [0.5, 0.6) is 0 Å². The number of fused-ring (bicyclic) bond motifs is 1. The van der Waals surface area contributed by atoms with Crippen molar-refractivity contribution in [3.8, 4) is 0 Å². The van der Waals surface area contributed by atoms with E-state index >= 15 is 0 Å². The first kappa shape index (κ1) is 14.6. The van der Waals surface area contributed by atoms with Crippen molar-refractivity contribution in [2.75, 3.05) is 13.1 Å². The monoisotopic (exact) mass is 314 g/mol. The Hall–Kier alpha value is -2.01. The molecule has 2 aliphatic rings.